The molecule has 0 bridgehead atoms. The molecule has 8 heteroatoms. The first-order valence-electron chi connectivity index (χ1n) is 4.28. The molecule has 0 spiro atoms. The zero-order chi connectivity index (χ0) is 12.5. The van der Waals surface area contributed by atoms with Gasteiger partial charge in [-0.15, -0.1) is 8.78 Å². The van der Waals surface area contributed by atoms with Gasteiger partial charge in [0.05, 0.1) is 0 Å². The average Bonchev–Trinajstić information content (AvgIpc) is 2.58. The highest BCUT2D eigenvalue weighted by molar-refractivity contribution is 7.75. The largest absolute Gasteiger partial charge is 0.586 e. The predicted octanol–water partition coefficient (Wildman–Crippen LogP) is 3.03. The second-order valence-corrected chi connectivity index (χ2v) is 3.38. The fourth-order valence-electron chi connectivity index (χ4n) is 1.26. The van der Waals surface area contributed by atoms with Crippen LogP contribution in [0.3, 0.4) is 0 Å². The van der Waals surface area contributed by atoms with Crippen molar-refractivity contribution >= 4 is 31.9 Å². The maximum absolute atomic E-state index is 12.7. The molecule has 0 unspecified atom stereocenters. The van der Waals surface area contributed by atoms with Crippen molar-refractivity contribution in [3.63, 3.8) is 0 Å². The van der Waals surface area contributed by atoms with Gasteiger partial charge in [0, 0.05) is 31.9 Å². The van der Waals surface area contributed by atoms with E-state index in [1.807, 2.05) is 0 Å². The van der Waals surface area contributed by atoms with Crippen LogP contribution in [-0.4, -0.2) is 6.29 Å². The molecule has 0 N–H and O–H groups in total. The Balaban J connectivity index is 2.28. The first kappa shape index (κ1) is 12.2. The van der Waals surface area contributed by atoms with Gasteiger partial charge in [0.1, 0.15) is 0 Å². The first-order chi connectivity index (χ1) is 8.04. The molecular formula is C9H6F2O4S2. The topological polar surface area (TPSA) is 36.9 Å². The molecule has 1 aliphatic heterocycles. The van der Waals surface area contributed by atoms with Crippen LogP contribution in [0.5, 0.6) is 11.5 Å². The second-order valence-electron chi connectivity index (χ2n) is 3.02. The lowest BCUT2D eigenvalue weighted by molar-refractivity contribution is -0.286. The minimum Gasteiger partial charge on any atom is -0.395 e. The van der Waals surface area contributed by atoms with Crippen molar-refractivity contribution in [1.82, 2.24) is 0 Å². The third-order valence-electron chi connectivity index (χ3n) is 1.89. The van der Waals surface area contributed by atoms with Gasteiger partial charge in [0.15, 0.2) is 11.5 Å². The summed E-state index contributed by atoms with van der Waals surface area (Å²) < 4.78 is 43.0. The maximum Gasteiger partial charge on any atom is 0.586 e. The Bertz CT molecular complexity index is 458. The minimum atomic E-state index is -3.63. The van der Waals surface area contributed by atoms with Crippen molar-refractivity contribution in [2.75, 3.05) is 0 Å². The zero-order valence-corrected chi connectivity index (χ0v) is 9.88. The quantitative estimate of drug-likeness (QED) is 0.507. The van der Waals surface area contributed by atoms with E-state index in [0.717, 1.165) is 0 Å². The summed E-state index contributed by atoms with van der Waals surface area (Å²) in [5.74, 6) is -0.115. The molecule has 0 radical (unpaired) electrons. The van der Waals surface area contributed by atoms with Gasteiger partial charge >= 0.3 is 12.2 Å². The van der Waals surface area contributed by atoms with E-state index in [1.54, 1.807) is 0 Å². The second kappa shape index (κ2) is 4.53. The monoisotopic (exact) mass is 280 g/mol. The molecule has 1 aromatic rings. The molecule has 0 atom stereocenters. The Kier molecular flexibility index (Phi) is 3.25. The van der Waals surface area contributed by atoms with Gasteiger partial charge in [-0.05, 0) is 17.7 Å². The van der Waals surface area contributed by atoms with E-state index < -0.39 is 6.29 Å². The summed E-state index contributed by atoms with van der Waals surface area (Å²) in [6, 6.07) is 4.20. The van der Waals surface area contributed by atoms with Crippen LogP contribution in [-0.2, 0) is 8.37 Å². The smallest absolute Gasteiger partial charge is 0.395 e. The van der Waals surface area contributed by atoms with Crippen LogP contribution in [0.4, 0.5) is 8.78 Å². The van der Waals surface area contributed by atoms with Crippen LogP contribution in [0.1, 0.15) is 5.56 Å². The Morgan fingerprint density at radius 3 is 2.47 bits per heavy atom. The molecule has 0 aromatic heterocycles. The van der Waals surface area contributed by atoms with Gasteiger partial charge in [0.25, 0.3) is 0 Å². The van der Waals surface area contributed by atoms with Crippen molar-refractivity contribution in [3.8, 4) is 11.5 Å². The van der Waals surface area contributed by atoms with E-state index in [0.29, 0.717) is 5.56 Å². The Morgan fingerprint density at radius 2 is 1.82 bits per heavy atom. The Hall–Kier alpha value is -1.28. The number of rotatable bonds is 3. The van der Waals surface area contributed by atoms with E-state index in [4.69, 9.17) is 0 Å². The summed E-state index contributed by atoms with van der Waals surface area (Å²) in [5.41, 5.74) is 0.503. The van der Waals surface area contributed by atoms with Crippen molar-refractivity contribution in [1.29, 1.82) is 0 Å². The van der Waals surface area contributed by atoms with Crippen LogP contribution < -0.4 is 9.47 Å². The van der Waals surface area contributed by atoms with Crippen LogP contribution in [0.25, 0.3) is 6.08 Å². The summed E-state index contributed by atoms with van der Waals surface area (Å²) in [6.45, 7) is 0. The van der Waals surface area contributed by atoms with E-state index in [1.165, 1.54) is 24.3 Å². The highest BCUT2D eigenvalue weighted by Gasteiger charge is 2.43. The average molecular weight is 280 g/mol. The molecular weight excluding hydrogens is 274 g/mol. The maximum atomic E-state index is 12.7. The highest BCUT2D eigenvalue weighted by atomic mass is 32.1. The lowest BCUT2D eigenvalue weighted by Crippen LogP contribution is -2.25. The molecule has 0 fully saturated rings. The molecule has 92 valence electrons. The van der Waals surface area contributed by atoms with Gasteiger partial charge in [-0.1, -0.05) is 6.07 Å². The first-order valence-corrected chi connectivity index (χ1v) is 5.01. The summed E-state index contributed by atoms with van der Waals surface area (Å²) in [4.78, 5) is 0. The number of alkyl halides is 2. The fourth-order valence-corrected chi connectivity index (χ4v) is 1.50. The van der Waals surface area contributed by atoms with Crippen molar-refractivity contribution in [2.45, 2.75) is 6.29 Å². The summed E-state index contributed by atoms with van der Waals surface area (Å²) >= 11 is 7.03. The molecule has 0 aliphatic carbocycles. The van der Waals surface area contributed by atoms with E-state index >= 15 is 0 Å². The third kappa shape index (κ3) is 2.70. The van der Waals surface area contributed by atoms with Crippen LogP contribution in [0.2, 0.25) is 0 Å². The normalized spacial score (nSPS) is 15.3. The lowest BCUT2D eigenvalue weighted by atomic mass is 10.2. The number of hydrogen-bond donors (Lipinski definition) is 2. The number of thiol groups is 2. The highest BCUT2D eigenvalue weighted by Crippen LogP contribution is 2.41. The zero-order valence-electron chi connectivity index (χ0n) is 8.09. The number of benzene rings is 1. The summed E-state index contributed by atoms with van der Waals surface area (Å²) in [5, 5.41) is 0. The fraction of sp³-hybridized carbons (Fsp3) is 0.111. The molecule has 0 saturated heterocycles. The van der Waals surface area contributed by atoms with Gasteiger partial charge in [-0.25, -0.2) is 0 Å². The molecule has 0 amide bonds. The summed E-state index contributed by atoms with van der Waals surface area (Å²) in [6.07, 6.45) is -2.24. The van der Waals surface area contributed by atoms with Crippen molar-refractivity contribution in [3.05, 3.63) is 29.7 Å². The predicted molar refractivity (Wildman–Crippen MR) is 60.8 cm³/mol. The molecule has 1 heterocycles. The Morgan fingerprint density at radius 1 is 1.18 bits per heavy atom. The number of fused-ring (bicyclic) bond motifs is 1. The third-order valence-corrected chi connectivity index (χ3v) is 2.25. The molecule has 4 nitrogen and oxygen atoms in total. The van der Waals surface area contributed by atoms with Gasteiger partial charge in [-0.2, -0.15) is 0 Å². The van der Waals surface area contributed by atoms with Crippen LogP contribution in [0.15, 0.2) is 24.1 Å². The van der Waals surface area contributed by atoms with Crippen molar-refractivity contribution < 1.29 is 26.6 Å². The molecule has 17 heavy (non-hydrogen) atoms. The van der Waals surface area contributed by atoms with E-state index in [9.17, 15) is 8.78 Å². The SMILES string of the molecule is FC1(F)Oc2ccc(C=C(OS)OS)cc2O1. The number of halogens is 2. The van der Waals surface area contributed by atoms with E-state index in [-0.39, 0.29) is 17.4 Å². The van der Waals surface area contributed by atoms with Gasteiger partial charge < -0.3 is 17.8 Å². The van der Waals surface area contributed by atoms with Gasteiger partial charge in [-0.3, -0.25) is 0 Å². The lowest BCUT2D eigenvalue weighted by Gasteiger charge is -2.04. The van der Waals surface area contributed by atoms with E-state index in [2.05, 4.69) is 43.7 Å². The van der Waals surface area contributed by atoms with Crippen LogP contribution >= 0.6 is 25.8 Å². The molecule has 0 saturated carbocycles. The van der Waals surface area contributed by atoms with Crippen LogP contribution in [0, 0.1) is 0 Å². The van der Waals surface area contributed by atoms with Gasteiger partial charge in [0.2, 0.25) is 0 Å². The Labute approximate surface area is 106 Å². The molecule has 1 aliphatic rings. The number of ether oxygens (including phenoxy) is 2. The number of hydrogen-bond acceptors (Lipinski definition) is 6. The summed E-state index contributed by atoms with van der Waals surface area (Å²) in [7, 11) is 0. The minimum absolute atomic E-state index is 0.0118. The standard InChI is InChI=1S/C9H6F2O4S2/c10-9(11)12-6-2-1-5(3-7(6)13-9)4-8(14-16)15-17/h1-4,16-17H. The molecule has 1 aromatic carbocycles. The molecule has 2 rings (SSSR count). The van der Waals surface area contributed by atoms with Crippen molar-refractivity contribution in [2.24, 2.45) is 0 Å².